The maximum atomic E-state index is 12.4. The molecule has 2 unspecified atom stereocenters. The average Bonchev–Trinajstić information content (AvgIpc) is 2.69. The molecule has 0 N–H and O–H groups in total. The highest BCUT2D eigenvalue weighted by Crippen LogP contribution is 2.23. The van der Waals surface area contributed by atoms with Crippen molar-refractivity contribution in [2.24, 2.45) is 0 Å². The zero-order chi connectivity index (χ0) is 18.4. The first-order valence-corrected chi connectivity index (χ1v) is 9.72. The highest BCUT2D eigenvalue weighted by atomic mass is 16.5. The van der Waals surface area contributed by atoms with Crippen LogP contribution in [0.25, 0.3) is 0 Å². The fraction of sp³-hybridized carbons (Fsp3) is 0.435. The SMILES string of the molecule is CC(CN1CCCCC1)c1ccc(OC(=O)C(C)c2ccccc2)cc1. The van der Waals surface area contributed by atoms with Crippen molar-refractivity contribution in [1.29, 1.82) is 0 Å². The number of carbonyl (C=O) groups excluding carboxylic acids is 1. The van der Waals surface area contributed by atoms with Crippen LogP contribution in [-0.2, 0) is 4.79 Å². The molecule has 3 heteroatoms. The van der Waals surface area contributed by atoms with E-state index < -0.39 is 0 Å². The first-order chi connectivity index (χ1) is 12.6. The minimum absolute atomic E-state index is 0.217. The lowest BCUT2D eigenvalue weighted by molar-refractivity contribution is -0.135. The molecule has 0 radical (unpaired) electrons. The van der Waals surface area contributed by atoms with Crippen LogP contribution in [0.15, 0.2) is 54.6 Å². The first kappa shape index (κ1) is 18.7. The number of rotatable bonds is 6. The summed E-state index contributed by atoms with van der Waals surface area (Å²) in [4.78, 5) is 14.9. The van der Waals surface area contributed by atoms with Gasteiger partial charge in [-0.2, -0.15) is 0 Å². The monoisotopic (exact) mass is 351 g/mol. The molecule has 0 spiro atoms. The summed E-state index contributed by atoms with van der Waals surface area (Å²) in [7, 11) is 0. The van der Waals surface area contributed by atoms with Crippen LogP contribution in [0.5, 0.6) is 5.75 Å². The number of ether oxygens (including phenoxy) is 1. The minimum Gasteiger partial charge on any atom is -0.426 e. The van der Waals surface area contributed by atoms with E-state index in [2.05, 4.69) is 24.0 Å². The number of benzene rings is 2. The normalized spacial score (nSPS) is 17.5. The Bertz CT molecular complexity index is 690. The summed E-state index contributed by atoms with van der Waals surface area (Å²) in [6.45, 7) is 7.69. The maximum absolute atomic E-state index is 12.4. The van der Waals surface area contributed by atoms with E-state index in [0.717, 1.165) is 12.1 Å². The zero-order valence-corrected chi connectivity index (χ0v) is 15.9. The third kappa shape index (κ3) is 4.95. The molecule has 0 bridgehead atoms. The van der Waals surface area contributed by atoms with E-state index in [1.165, 1.54) is 37.9 Å². The number of hydrogen-bond donors (Lipinski definition) is 0. The van der Waals surface area contributed by atoms with Crippen molar-refractivity contribution in [3.05, 3.63) is 65.7 Å². The predicted octanol–water partition coefficient (Wildman–Crippen LogP) is 4.99. The molecule has 26 heavy (non-hydrogen) atoms. The molecule has 0 aromatic heterocycles. The second-order valence-corrected chi connectivity index (χ2v) is 7.38. The molecule has 138 valence electrons. The molecule has 1 heterocycles. The molecule has 3 nitrogen and oxygen atoms in total. The Morgan fingerprint density at radius 3 is 2.23 bits per heavy atom. The van der Waals surface area contributed by atoms with Crippen LogP contribution < -0.4 is 4.74 Å². The van der Waals surface area contributed by atoms with Crippen LogP contribution in [0.4, 0.5) is 0 Å². The molecular formula is C23H29NO2. The minimum atomic E-state index is -0.270. The van der Waals surface area contributed by atoms with Crippen molar-refractivity contribution < 1.29 is 9.53 Å². The third-order valence-corrected chi connectivity index (χ3v) is 5.30. The van der Waals surface area contributed by atoms with Gasteiger partial charge in [-0.25, -0.2) is 0 Å². The van der Waals surface area contributed by atoms with Crippen molar-refractivity contribution in [2.45, 2.75) is 44.9 Å². The molecule has 1 fully saturated rings. The predicted molar refractivity (Wildman–Crippen MR) is 106 cm³/mol. The lowest BCUT2D eigenvalue weighted by Crippen LogP contribution is -2.32. The van der Waals surface area contributed by atoms with Crippen molar-refractivity contribution in [3.63, 3.8) is 0 Å². The second-order valence-electron chi connectivity index (χ2n) is 7.38. The summed E-state index contributed by atoms with van der Waals surface area (Å²) in [6, 6.07) is 17.7. The fourth-order valence-corrected chi connectivity index (χ4v) is 3.58. The Labute approximate surface area is 157 Å². The zero-order valence-electron chi connectivity index (χ0n) is 15.9. The van der Waals surface area contributed by atoms with Crippen LogP contribution in [-0.4, -0.2) is 30.5 Å². The molecule has 0 saturated carbocycles. The van der Waals surface area contributed by atoms with Crippen LogP contribution in [0, 0.1) is 0 Å². The molecule has 0 amide bonds. The number of carbonyl (C=O) groups is 1. The lowest BCUT2D eigenvalue weighted by Gasteiger charge is -2.29. The highest BCUT2D eigenvalue weighted by Gasteiger charge is 2.18. The van der Waals surface area contributed by atoms with Gasteiger partial charge < -0.3 is 9.64 Å². The Morgan fingerprint density at radius 2 is 1.58 bits per heavy atom. The van der Waals surface area contributed by atoms with Gasteiger partial charge in [-0.3, -0.25) is 4.79 Å². The summed E-state index contributed by atoms with van der Waals surface area (Å²) in [5.41, 5.74) is 2.27. The maximum Gasteiger partial charge on any atom is 0.318 e. The number of piperidine rings is 1. The van der Waals surface area contributed by atoms with Crippen LogP contribution >= 0.6 is 0 Å². The van der Waals surface area contributed by atoms with E-state index in [4.69, 9.17) is 4.74 Å². The quantitative estimate of drug-likeness (QED) is 0.543. The standard InChI is InChI=1S/C23H29NO2/c1-18(17-24-15-7-4-8-16-24)20-11-13-22(14-12-20)26-23(25)19(2)21-9-5-3-6-10-21/h3,5-6,9-14,18-19H,4,7-8,15-17H2,1-2H3. The van der Waals surface area contributed by atoms with Gasteiger partial charge in [0.05, 0.1) is 5.92 Å². The molecular weight excluding hydrogens is 322 g/mol. The van der Waals surface area contributed by atoms with Gasteiger partial charge in [0.25, 0.3) is 0 Å². The molecule has 1 aliphatic rings. The molecule has 0 aliphatic carbocycles. The summed E-state index contributed by atoms with van der Waals surface area (Å²) in [6.07, 6.45) is 4.01. The van der Waals surface area contributed by atoms with Gasteiger partial charge in [-0.05, 0) is 62.0 Å². The van der Waals surface area contributed by atoms with E-state index in [0.29, 0.717) is 11.7 Å². The van der Waals surface area contributed by atoms with Gasteiger partial charge >= 0.3 is 5.97 Å². The molecule has 1 saturated heterocycles. The molecule has 2 atom stereocenters. The topological polar surface area (TPSA) is 29.5 Å². The molecule has 3 rings (SSSR count). The largest absolute Gasteiger partial charge is 0.426 e. The third-order valence-electron chi connectivity index (χ3n) is 5.30. The summed E-state index contributed by atoms with van der Waals surface area (Å²) in [5.74, 6) is 0.618. The van der Waals surface area contributed by atoms with E-state index in [1.54, 1.807) is 0 Å². The van der Waals surface area contributed by atoms with Crippen molar-refractivity contribution >= 4 is 5.97 Å². The number of esters is 1. The van der Waals surface area contributed by atoms with Crippen molar-refractivity contribution in [1.82, 2.24) is 4.90 Å². The highest BCUT2D eigenvalue weighted by molar-refractivity contribution is 5.79. The molecule has 2 aromatic rings. The van der Waals surface area contributed by atoms with Gasteiger partial charge in [0.2, 0.25) is 0 Å². The number of likely N-dealkylation sites (tertiary alicyclic amines) is 1. The first-order valence-electron chi connectivity index (χ1n) is 9.72. The van der Waals surface area contributed by atoms with Gasteiger partial charge in [0.1, 0.15) is 5.75 Å². The Balaban J connectivity index is 1.56. The summed E-state index contributed by atoms with van der Waals surface area (Å²) < 4.78 is 5.57. The van der Waals surface area contributed by atoms with Crippen LogP contribution in [0.3, 0.4) is 0 Å². The Kier molecular flexibility index (Phi) is 6.45. The van der Waals surface area contributed by atoms with E-state index >= 15 is 0 Å². The lowest BCUT2D eigenvalue weighted by atomic mass is 9.99. The van der Waals surface area contributed by atoms with E-state index in [-0.39, 0.29) is 11.9 Å². The van der Waals surface area contributed by atoms with E-state index in [1.807, 2.05) is 49.4 Å². The Morgan fingerprint density at radius 1 is 0.923 bits per heavy atom. The van der Waals surface area contributed by atoms with Crippen molar-refractivity contribution in [2.75, 3.05) is 19.6 Å². The van der Waals surface area contributed by atoms with Crippen LogP contribution in [0.2, 0.25) is 0 Å². The van der Waals surface area contributed by atoms with Gasteiger partial charge in [0.15, 0.2) is 0 Å². The fourth-order valence-electron chi connectivity index (χ4n) is 3.58. The van der Waals surface area contributed by atoms with Gasteiger partial charge in [-0.1, -0.05) is 55.8 Å². The average molecular weight is 351 g/mol. The summed E-state index contributed by atoms with van der Waals surface area (Å²) >= 11 is 0. The van der Waals surface area contributed by atoms with E-state index in [9.17, 15) is 4.79 Å². The summed E-state index contributed by atoms with van der Waals surface area (Å²) in [5, 5.41) is 0. The molecule has 2 aromatic carbocycles. The number of hydrogen-bond acceptors (Lipinski definition) is 3. The Hall–Kier alpha value is -2.13. The van der Waals surface area contributed by atoms with Crippen LogP contribution in [0.1, 0.15) is 56.1 Å². The van der Waals surface area contributed by atoms with Gasteiger partial charge in [-0.15, -0.1) is 0 Å². The number of nitrogens with zero attached hydrogens (tertiary/aromatic N) is 1. The van der Waals surface area contributed by atoms with Crippen molar-refractivity contribution in [3.8, 4) is 5.75 Å². The molecule has 1 aliphatic heterocycles. The smallest absolute Gasteiger partial charge is 0.318 e. The van der Waals surface area contributed by atoms with Gasteiger partial charge in [0, 0.05) is 6.54 Å². The second kappa shape index (κ2) is 9.00.